The largest absolute Gasteiger partial charge is 0.352 e. The van der Waals surface area contributed by atoms with Crippen LogP contribution in [0.4, 0.5) is 16.6 Å². The average Bonchev–Trinajstić information content (AvgIpc) is 3.50. The minimum absolute atomic E-state index is 0.546. The fourth-order valence-corrected chi connectivity index (χ4v) is 5.87. The van der Waals surface area contributed by atoms with E-state index in [-0.39, 0.29) is 0 Å². The number of thiocarbonyl (C=S) groups is 1. The predicted molar refractivity (Wildman–Crippen MR) is 145 cm³/mol. The molecule has 0 saturated carbocycles. The van der Waals surface area contributed by atoms with Gasteiger partial charge in [-0.05, 0) is 42.9 Å². The number of rotatable bonds is 6. The molecule has 0 amide bonds. The average molecular weight is 548 g/mol. The summed E-state index contributed by atoms with van der Waals surface area (Å²) in [6.07, 6.45) is 4.08. The molecule has 1 atom stereocenters. The van der Waals surface area contributed by atoms with Gasteiger partial charge >= 0.3 is 0 Å². The molecule has 0 spiro atoms. The Morgan fingerprint density at radius 3 is 2.69 bits per heavy atom. The number of nitrogens with one attached hydrogen (secondary N) is 3. The zero-order valence-electron chi connectivity index (χ0n) is 18.7. The van der Waals surface area contributed by atoms with E-state index in [0.717, 1.165) is 60.1 Å². The highest BCUT2D eigenvalue weighted by molar-refractivity contribution is 7.86. The van der Waals surface area contributed by atoms with Crippen LogP contribution in [0, 0.1) is 0 Å². The Hall–Kier alpha value is -2.87. The molecule has 1 saturated heterocycles. The van der Waals surface area contributed by atoms with Crippen LogP contribution in [0.25, 0.3) is 11.0 Å². The number of halogens is 1. The molecule has 1 aliphatic heterocycles. The van der Waals surface area contributed by atoms with Crippen LogP contribution in [-0.2, 0) is 17.4 Å². The van der Waals surface area contributed by atoms with Gasteiger partial charge in [0.05, 0.1) is 15.3 Å². The van der Waals surface area contributed by atoms with Crippen LogP contribution < -0.4 is 14.9 Å². The van der Waals surface area contributed by atoms with Crippen molar-refractivity contribution in [3.05, 3.63) is 46.8 Å². The van der Waals surface area contributed by atoms with Gasteiger partial charge in [0.2, 0.25) is 5.13 Å². The number of H-pyrrole nitrogens is 1. The summed E-state index contributed by atoms with van der Waals surface area (Å²) >= 11 is 13.4. The molecule has 35 heavy (non-hydrogen) atoms. The lowest BCUT2D eigenvalue weighted by molar-refractivity contribution is 0.390. The first kappa shape index (κ1) is 23.9. The zero-order chi connectivity index (χ0) is 24.4. The highest BCUT2D eigenvalue weighted by Gasteiger charge is 2.23. The van der Waals surface area contributed by atoms with Gasteiger partial charge in [0.15, 0.2) is 16.1 Å². The molecule has 1 aliphatic rings. The van der Waals surface area contributed by atoms with Gasteiger partial charge < -0.3 is 20.1 Å². The molecule has 0 radical (unpaired) electrons. The summed E-state index contributed by atoms with van der Waals surface area (Å²) in [5, 5.41) is 14.9. The minimum Gasteiger partial charge on any atom is -0.352 e. The quantitative estimate of drug-likeness (QED) is 0.311. The summed E-state index contributed by atoms with van der Waals surface area (Å²) in [5.41, 5.74) is 1.56. The molecule has 1 fully saturated rings. The second-order valence-electron chi connectivity index (χ2n) is 7.71. The number of nitrogens with zero attached hydrogens (tertiary/aromatic N) is 6. The summed E-state index contributed by atoms with van der Waals surface area (Å²) < 4.78 is 15.5. The van der Waals surface area contributed by atoms with E-state index in [1.807, 2.05) is 19.1 Å². The molecule has 182 valence electrons. The van der Waals surface area contributed by atoms with E-state index in [1.54, 1.807) is 24.7 Å². The number of piperazine rings is 1. The number of hydrogen-bond acceptors (Lipinski definition) is 8. The summed E-state index contributed by atoms with van der Waals surface area (Å²) in [5.74, 6) is 0.830. The standard InChI is InChI=1S/C21H22ClN9OS3/c1-2-16-27-28-20(34-16)29-35(32)14-5-3-13(4-6-14)26-21(33)31-9-7-30(8-10-31)19-17-15(22)11-23-18(17)24-12-25-19/h3-6,11-12H,2,7-10H2,1H3,(H,26,33)(H,28,29)(H,23,24,25). The van der Waals surface area contributed by atoms with Crippen molar-refractivity contribution in [1.82, 2.24) is 30.0 Å². The summed E-state index contributed by atoms with van der Waals surface area (Å²) in [6, 6.07) is 7.32. The Morgan fingerprint density at radius 1 is 1.20 bits per heavy atom. The van der Waals surface area contributed by atoms with Crippen LogP contribution in [0.15, 0.2) is 41.7 Å². The van der Waals surface area contributed by atoms with Gasteiger partial charge in [-0.25, -0.2) is 14.2 Å². The molecule has 14 heteroatoms. The topological polar surface area (TPSA) is 115 Å². The van der Waals surface area contributed by atoms with E-state index in [9.17, 15) is 4.21 Å². The first-order chi connectivity index (χ1) is 17.0. The van der Waals surface area contributed by atoms with E-state index < -0.39 is 11.0 Å². The van der Waals surface area contributed by atoms with Crippen LogP contribution >= 0.6 is 35.2 Å². The van der Waals surface area contributed by atoms with Crippen molar-refractivity contribution in [1.29, 1.82) is 0 Å². The van der Waals surface area contributed by atoms with Gasteiger partial charge in [0.1, 0.15) is 22.8 Å². The Balaban J connectivity index is 1.16. The maximum absolute atomic E-state index is 12.6. The number of fused-ring (bicyclic) bond motifs is 1. The number of aryl methyl sites for hydroxylation is 1. The fraction of sp³-hybridized carbons (Fsp3) is 0.286. The van der Waals surface area contributed by atoms with Gasteiger partial charge in [-0.15, -0.1) is 10.2 Å². The predicted octanol–water partition coefficient (Wildman–Crippen LogP) is 3.68. The van der Waals surface area contributed by atoms with Gasteiger partial charge in [0, 0.05) is 38.1 Å². The van der Waals surface area contributed by atoms with Crippen LogP contribution in [0.3, 0.4) is 0 Å². The van der Waals surface area contributed by atoms with E-state index >= 15 is 0 Å². The van der Waals surface area contributed by atoms with E-state index in [0.29, 0.717) is 20.2 Å². The van der Waals surface area contributed by atoms with Crippen molar-refractivity contribution in [3.8, 4) is 0 Å². The molecular formula is C21H22ClN9OS3. The Morgan fingerprint density at radius 2 is 1.97 bits per heavy atom. The molecule has 3 aromatic heterocycles. The van der Waals surface area contributed by atoms with E-state index in [2.05, 4.69) is 45.0 Å². The van der Waals surface area contributed by atoms with Crippen molar-refractivity contribution in [3.63, 3.8) is 0 Å². The molecule has 1 aromatic carbocycles. The van der Waals surface area contributed by atoms with Gasteiger partial charge in [-0.1, -0.05) is 29.9 Å². The van der Waals surface area contributed by atoms with Crippen LogP contribution in [0.1, 0.15) is 11.9 Å². The summed E-state index contributed by atoms with van der Waals surface area (Å²) in [6.45, 7) is 5.00. The van der Waals surface area contributed by atoms with Crippen molar-refractivity contribution in [2.75, 3.05) is 41.1 Å². The summed E-state index contributed by atoms with van der Waals surface area (Å²) in [4.78, 5) is 16.7. The Bertz CT molecular complexity index is 1370. The highest BCUT2D eigenvalue weighted by Crippen LogP contribution is 2.30. The van der Waals surface area contributed by atoms with Gasteiger partial charge in [0.25, 0.3) is 0 Å². The lowest BCUT2D eigenvalue weighted by Gasteiger charge is -2.37. The Kier molecular flexibility index (Phi) is 7.09. The number of benzene rings is 1. The van der Waals surface area contributed by atoms with Crippen LogP contribution in [0.5, 0.6) is 0 Å². The molecule has 0 aliphatic carbocycles. The third-order valence-corrected chi connectivity index (χ3v) is 8.39. The second kappa shape index (κ2) is 10.4. The number of aromatic amines is 1. The lowest BCUT2D eigenvalue weighted by atomic mass is 10.2. The minimum atomic E-state index is -1.42. The van der Waals surface area contributed by atoms with Gasteiger partial charge in [-0.2, -0.15) is 0 Å². The number of aromatic nitrogens is 5. The monoisotopic (exact) mass is 547 g/mol. The van der Waals surface area contributed by atoms with Crippen molar-refractivity contribution in [2.45, 2.75) is 18.2 Å². The molecule has 1 unspecified atom stereocenters. The highest BCUT2D eigenvalue weighted by atomic mass is 35.5. The van der Waals surface area contributed by atoms with Crippen molar-refractivity contribution in [2.24, 2.45) is 0 Å². The lowest BCUT2D eigenvalue weighted by Crippen LogP contribution is -2.50. The Labute approximate surface area is 218 Å². The first-order valence-corrected chi connectivity index (χ1v) is 13.7. The summed E-state index contributed by atoms with van der Waals surface area (Å²) in [7, 11) is -1.42. The molecule has 4 aromatic rings. The molecule has 4 heterocycles. The first-order valence-electron chi connectivity index (χ1n) is 10.9. The number of anilines is 3. The fourth-order valence-electron chi connectivity index (χ4n) is 3.71. The molecule has 5 rings (SSSR count). The third kappa shape index (κ3) is 5.22. The molecule has 10 nitrogen and oxygen atoms in total. The molecule has 0 bridgehead atoms. The maximum atomic E-state index is 12.6. The SMILES string of the molecule is CCc1nnc(NS(=O)c2ccc(NC(=S)N3CCN(c4ncnc5[nH]cc(Cl)c45)CC3)cc2)s1. The smallest absolute Gasteiger partial charge is 0.217 e. The molecule has 3 N–H and O–H groups in total. The zero-order valence-corrected chi connectivity index (χ0v) is 21.9. The third-order valence-electron chi connectivity index (χ3n) is 5.54. The van der Waals surface area contributed by atoms with Gasteiger partial charge in [-0.3, -0.25) is 4.72 Å². The van der Waals surface area contributed by atoms with Crippen molar-refractivity contribution < 1.29 is 4.21 Å². The maximum Gasteiger partial charge on any atom is 0.217 e. The van der Waals surface area contributed by atoms with Crippen LogP contribution in [-0.4, -0.2) is 65.5 Å². The van der Waals surface area contributed by atoms with E-state index in [4.69, 9.17) is 23.8 Å². The second-order valence-corrected chi connectivity index (χ2v) is 10.8. The van der Waals surface area contributed by atoms with Crippen LogP contribution in [0.2, 0.25) is 5.02 Å². The molecular weight excluding hydrogens is 526 g/mol. The van der Waals surface area contributed by atoms with Crippen molar-refractivity contribution >= 4 is 78.9 Å². The number of hydrogen-bond donors (Lipinski definition) is 3. The van der Waals surface area contributed by atoms with E-state index in [1.165, 1.54) is 11.3 Å². The normalized spacial score (nSPS) is 14.8.